The van der Waals surface area contributed by atoms with Crippen molar-refractivity contribution in [1.29, 1.82) is 0 Å². The summed E-state index contributed by atoms with van der Waals surface area (Å²) in [6.07, 6.45) is 0. The average Bonchev–Trinajstić information content (AvgIpc) is 2.46. The number of hydrogen-bond donors (Lipinski definition) is 1. The number of rotatable bonds is 14. The van der Waals surface area contributed by atoms with Crippen LogP contribution >= 0.6 is 0 Å². The highest BCUT2D eigenvalue weighted by molar-refractivity contribution is 5.01. The van der Waals surface area contributed by atoms with Crippen molar-refractivity contribution < 1.29 is 18.9 Å². The fourth-order valence-corrected chi connectivity index (χ4v) is 1.35. The van der Waals surface area contributed by atoms with Gasteiger partial charge in [0.25, 0.3) is 0 Å². The normalized spacial score (nSPS) is 10.7. The van der Waals surface area contributed by atoms with Crippen LogP contribution in [0.4, 0.5) is 0 Å². The van der Waals surface area contributed by atoms with Crippen LogP contribution in [0.1, 0.15) is 20.8 Å². The van der Waals surface area contributed by atoms with Gasteiger partial charge in [-0.25, -0.2) is 0 Å². The van der Waals surface area contributed by atoms with E-state index in [1.165, 1.54) is 0 Å². The van der Waals surface area contributed by atoms with Gasteiger partial charge in [-0.2, -0.15) is 0 Å². The maximum atomic E-state index is 5.38. The van der Waals surface area contributed by atoms with Gasteiger partial charge < -0.3 is 24.3 Å². The molecule has 0 aliphatic heterocycles. The van der Waals surface area contributed by atoms with Crippen LogP contribution in [-0.2, 0) is 18.9 Å². The van der Waals surface area contributed by atoms with Crippen LogP contribution in [0.3, 0.4) is 0 Å². The lowest BCUT2D eigenvalue weighted by atomic mass is 10.2. The van der Waals surface area contributed by atoms with Gasteiger partial charge in [-0.1, -0.05) is 32.6 Å². The Morgan fingerprint density at radius 1 is 0.810 bits per heavy atom. The standard InChI is InChI=1S/C16H31NO4/c1-4-17-7-9-19-11-13-21-15-14-20-12-10-18-8-5-6-16(2)3/h16-17H,4,7-15H2,1-3H3. The third-order valence-electron chi connectivity index (χ3n) is 2.35. The lowest BCUT2D eigenvalue weighted by molar-refractivity contribution is 0.00173. The van der Waals surface area contributed by atoms with Crippen molar-refractivity contribution in [3.05, 3.63) is 0 Å². The summed E-state index contributed by atoms with van der Waals surface area (Å²) in [4.78, 5) is 0. The van der Waals surface area contributed by atoms with Crippen LogP contribution < -0.4 is 5.32 Å². The van der Waals surface area contributed by atoms with Gasteiger partial charge in [-0.05, 0) is 6.54 Å². The zero-order valence-electron chi connectivity index (χ0n) is 13.8. The molecule has 124 valence electrons. The molecule has 0 aliphatic rings. The Morgan fingerprint density at radius 3 is 1.86 bits per heavy atom. The van der Waals surface area contributed by atoms with E-state index in [1.54, 1.807) is 0 Å². The summed E-state index contributed by atoms with van der Waals surface area (Å²) in [6.45, 7) is 12.8. The maximum absolute atomic E-state index is 5.38. The van der Waals surface area contributed by atoms with Crippen molar-refractivity contribution in [1.82, 2.24) is 5.32 Å². The quantitative estimate of drug-likeness (QED) is 0.387. The molecule has 0 saturated heterocycles. The molecule has 0 rings (SSSR count). The highest BCUT2D eigenvalue weighted by Gasteiger charge is 1.92. The van der Waals surface area contributed by atoms with E-state index in [0.717, 1.165) is 19.7 Å². The molecule has 0 aliphatic carbocycles. The molecule has 0 aromatic carbocycles. The zero-order chi connectivity index (χ0) is 15.6. The lowest BCUT2D eigenvalue weighted by Crippen LogP contribution is -2.20. The van der Waals surface area contributed by atoms with Crippen molar-refractivity contribution in [2.75, 3.05) is 65.9 Å². The topological polar surface area (TPSA) is 49.0 Å². The fourth-order valence-electron chi connectivity index (χ4n) is 1.35. The second-order valence-corrected chi connectivity index (χ2v) is 4.72. The van der Waals surface area contributed by atoms with Gasteiger partial charge in [0.2, 0.25) is 0 Å². The Kier molecular flexibility index (Phi) is 16.9. The van der Waals surface area contributed by atoms with Crippen molar-refractivity contribution >= 4 is 0 Å². The van der Waals surface area contributed by atoms with Crippen LogP contribution in [0.25, 0.3) is 0 Å². The highest BCUT2D eigenvalue weighted by Crippen LogP contribution is 1.86. The van der Waals surface area contributed by atoms with Gasteiger partial charge in [0.15, 0.2) is 0 Å². The van der Waals surface area contributed by atoms with E-state index in [4.69, 9.17) is 18.9 Å². The van der Waals surface area contributed by atoms with Crippen LogP contribution in [0, 0.1) is 17.8 Å². The van der Waals surface area contributed by atoms with E-state index in [2.05, 4.69) is 37.9 Å². The van der Waals surface area contributed by atoms with E-state index in [1.807, 2.05) is 0 Å². The molecule has 0 aromatic heterocycles. The molecule has 0 bridgehead atoms. The minimum Gasteiger partial charge on any atom is -0.378 e. The van der Waals surface area contributed by atoms with Crippen molar-refractivity contribution in [3.8, 4) is 11.8 Å². The van der Waals surface area contributed by atoms with Gasteiger partial charge >= 0.3 is 0 Å². The Hall–Kier alpha value is -0.640. The first-order valence-corrected chi connectivity index (χ1v) is 7.77. The zero-order valence-corrected chi connectivity index (χ0v) is 13.8. The van der Waals surface area contributed by atoms with E-state index in [-0.39, 0.29) is 0 Å². The third-order valence-corrected chi connectivity index (χ3v) is 2.35. The molecule has 0 amide bonds. The van der Waals surface area contributed by atoms with E-state index >= 15 is 0 Å². The summed E-state index contributed by atoms with van der Waals surface area (Å²) in [5.74, 6) is 6.40. The monoisotopic (exact) mass is 301 g/mol. The number of nitrogens with one attached hydrogen (secondary N) is 1. The van der Waals surface area contributed by atoms with E-state index < -0.39 is 0 Å². The molecule has 0 radical (unpaired) electrons. The molecule has 5 nitrogen and oxygen atoms in total. The first-order valence-electron chi connectivity index (χ1n) is 7.77. The van der Waals surface area contributed by atoms with Crippen molar-refractivity contribution in [3.63, 3.8) is 0 Å². The molecule has 5 heteroatoms. The molecule has 1 N–H and O–H groups in total. The molecular weight excluding hydrogens is 270 g/mol. The molecule has 0 heterocycles. The molecular formula is C16H31NO4. The van der Waals surface area contributed by atoms with Gasteiger partial charge in [-0.15, -0.1) is 0 Å². The smallest absolute Gasteiger partial charge is 0.107 e. The van der Waals surface area contributed by atoms with Crippen LogP contribution in [0.5, 0.6) is 0 Å². The first-order chi connectivity index (χ1) is 10.3. The summed E-state index contributed by atoms with van der Waals surface area (Å²) >= 11 is 0. The minimum atomic E-state index is 0.397. The Labute approximate surface area is 129 Å². The second-order valence-electron chi connectivity index (χ2n) is 4.72. The van der Waals surface area contributed by atoms with Crippen LogP contribution in [0.15, 0.2) is 0 Å². The minimum absolute atomic E-state index is 0.397. The number of hydrogen-bond acceptors (Lipinski definition) is 5. The summed E-state index contributed by atoms with van der Waals surface area (Å²) in [6, 6.07) is 0. The summed E-state index contributed by atoms with van der Waals surface area (Å²) < 4.78 is 21.4. The Morgan fingerprint density at radius 2 is 1.33 bits per heavy atom. The number of ether oxygens (including phenoxy) is 4. The maximum Gasteiger partial charge on any atom is 0.107 e. The fraction of sp³-hybridized carbons (Fsp3) is 0.875. The highest BCUT2D eigenvalue weighted by atomic mass is 16.6. The largest absolute Gasteiger partial charge is 0.378 e. The predicted molar refractivity (Wildman–Crippen MR) is 84.4 cm³/mol. The Balaban J connectivity index is 3.01. The molecule has 0 fully saturated rings. The lowest BCUT2D eigenvalue weighted by Gasteiger charge is -2.07. The third kappa shape index (κ3) is 19.4. The summed E-state index contributed by atoms with van der Waals surface area (Å²) in [7, 11) is 0. The Bertz CT molecular complexity index is 261. The van der Waals surface area contributed by atoms with Crippen LogP contribution in [0.2, 0.25) is 0 Å². The molecule has 0 aromatic rings. The van der Waals surface area contributed by atoms with Gasteiger partial charge in [0.05, 0.1) is 46.2 Å². The first kappa shape index (κ1) is 20.4. The van der Waals surface area contributed by atoms with E-state index in [9.17, 15) is 0 Å². The van der Waals surface area contributed by atoms with Crippen LogP contribution in [-0.4, -0.2) is 65.9 Å². The van der Waals surface area contributed by atoms with Crippen molar-refractivity contribution in [2.24, 2.45) is 5.92 Å². The molecule has 0 atom stereocenters. The number of likely N-dealkylation sites (N-methyl/N-ethyl adjacent to an activating group) is 1. The SMILES string of the molecule is CCNCCOCCOCCOCCOCC#CC(C)C. The second kappa shape index (κ2) is 17.4. The molecule has 0 unspecified atom stereocenters. The molecule has 0 spiro atoms. The summed E-state index contributed by atoms with van der Waals surface area (Å²) in [5, 5.41) is 3.19. The summed E-state index contributed by atoms with van der Waals surface area (Å²) in [5.41, 5.74) is 0. The molecule has 0 saturated carbocycles. The van der Waals surface area contributed by atoms with Gasteiger partial charge in [0, 0.05) is 12.5 Å². The van der Waals surface area contributed by atoms with Crippen molar-refractivity contribution in [2.45, 2.75) is 20.8 Å². The van der Waals surface area contributed by atoms with Gasteiger partial charge in [-0.3, -0.25) is 0 Å². The molecule has 21 heavy (non-hydrogen) atoms. The van der Waals surface area contributed by atoms with Gasteiger partial charge in [0.1, 0.15) is 6.61 Å². The van der Waals surface area contributed by atoms with E-state index in [0.29, 0.717) is 52.2 Å². The average molecular weight is 301 g/mol. The predicted octanol–water partition coefficient (Wildman–Crippen LogP) is 1.32.